The second-order valence-corrected chi connectivity index (χ2v) is 10.2. The van der Waals surface area contributed by atoms with Crippen LogP contribution >= 0.6 is 11.8 Å². The highest BCUT2D eigenvalue weighted by atomic mass is 32.2. The summed E-state index contributed by atoms with van der Waals surface area (Å²) in [6.45, 7) is 1.01. The number of thioether (sulfide) groups is 1. The Kier molecular flexibility index (Phi) is 6.96. The highest BCUT2D eigenvalue weighted by Crippen LogP contribution is 2.29. The number of rotatable bonds is 8. The average molecular weight is 462 g/mol. The lowest BCUT2D eigenvalue weighted by molar-refractivity contribution is -0.131. The van der Waals surface area contributed by atoms with Crippen molar-refractivity contribution < 1.29 is 31.1 Å². The number of ether oxygens (including phenoxy) is 1. The normalized spacial score (nSPS) is 19.0. The van der Waals surface area contributed by atoms with Gasteiger partial charge in [0.1, 0.15) is 5.75 Å². The summed E-state index contributed by atoms with van der Waals surface area (Å²) >= 11 is 1.08. The Labute approximate surface area is 176 Å². The van der Waals surface area contributed by atoms with Crippen LogP contribution in [0.25, 0.3) is 11.5 Å². The molecular formula is C18H21F2N3O5S2. The van der Waals surface area contributed by atoms with E-state index >= 15 is 0 Å². The minimum Gasteiger partial charge on any atom is -0.435 e. The molecule has 0 bridgehead atoms. The summed E-state index contributed by atoms with van der Waals surface area (Å²) < 4.78 is 57.8. The number of hydrogen-bond donors (Lipinski definition) is 0. The number of benzene rings is 1. The molecule has 0 radical (unpaired) electrons. The van der Waals surface area contributed by atoms with Gasteiger partial charge in [0.2, 0.25) is 11.8 Å². The molecule has 1 aromatic heterocycles. The van der Waals surface area contributed by atoms with E-state index in [0.717, 1.165) is 11.8 Å². The molecule has 1 aromatic carbocycles. The van der Waals surface area contributed by atoms with Crippen LogP contribution < -0.4 is 4.74 Å². The van der Waals surface area contributed by atoms with E-state index in [4.69, 9.17) is 4.42 Å². The molecule has 30 heavy (non-hydrogen) atoms. The van der Waals surface area contributed by atoms with Crippen molar-refractivity contribution in [2.24, 2.45) is 0 Å². The largest absolute Gasteiger partial charge is 0.435 e. The molecule has 164 valence electrons. The fourth-order valence-electron chi connectivity index (χ4n) is 3.20. The highest BCUT2D eigenvalue weighted by molar-refractivity contribution is 8.00. The number of carbonyl (C=O) groups is 1. The van der Waals surface area contributed by atoms with Gasteiger partial charge in [0.15, 0.2) is 9.84 Å². The molecule has 2 aromatic rings. The molecule has 2 heterocycles. The molecule has 1 aliphatic rings. The van der Waals surface area contributed by atoms with Crippen molar-refractivity contribution in [3.05, 3.63) is 24.3 Å². The van der Waals surface area contributed by atoms with Crippen LogP contribution in [-0.4, -0.2) is 65.4 Å². The monoisotopic (exact) mass is 461 g/mol. The van der Waals surface area contributed by atoms with Crippen molar-refractivity contribution in [3.8, 4) is 17.2 Å². The number of sulfone groups is 1. The minimum atomic E-state index is -3.10. The molecule has 0 aliphatic carbocycles. The third-order valence-corrected chi connectivity index (χ3v) is 7.30. The maximum absolute atomic E-state index is 12.8. The Morgan fingerprint density at radius 2 is 2.03 bits per heavy atom. The number of aromatic nitrogens is 2. The Morgan fingerprint density at radius 3 is 2.60 bits per heavy atom. The van der Waals surface area contributed by atoms with Gasteiger partial charge in [-0.2, -0.15) is 8.78 Å². The summed E-state index contributed by atoms with van der Waals surface area (Å²) in [4.78, 5) is 14.4. The van der Waals surface area contributed by atoms with Crippen molar-refractivity contribution in [3.63, 3.8) is 0 Å². The Balaban J connectivity index is 1.64. The van der Waals surface area contributed by atoms with Gasteiger partial charge in [0.25, 0.3) is 5.22 Å². The quantitative estimate of drug-likeness (QED) is 0.553. The van der Waals surface area contributed by atoms with E-state index in [-0.39, 0.29) is 40.3 Å². The Bertz CT molecular complexity index is 982. The maximum atomic E-state index is 12.8. The molecule has 1 fully saturated rings. The first-order valence-corrected chi connectivity index (χ1v) is 11.9. The summed E-state index contributed by atoms with van der Waals surface area (Å²) in [6, 6.07) is 5.42. The third-order valence-electron chi connectivity index (χ3n) is 4.63. The average Bonchev–Trinajstić information content (AvgIpc) is 3.28. The van der Waals surface area contributed by atoms with Gasteiger partial charge in [0.05, 0.1) is 16.8 Å². The van der Waals surface area contributed by atoms with E-state index in [0.29, 0.717) is 18.5 Å². The van der Waals surface area contributed by atoms with Gasteiger partial charge in [-0.25, -0.2) is 8.42 Å². The lowest BCUT2D eigenvalue weighted by Gasteiger charge is -2.28. The van der Waals surface area contributed by atoms with Gasteiger partial charge < -0.3 is 14.1 Å². The molecule has 0 saturated carbocycles. The second-order valence-electron chi connectivity index (χ2n) is 6.72. The molecular weight excluding hydrogens is 440 g/mol. The summed E-state index contributed by atoms with van der Waals surface area (Å²) in [5, 5.41) is 7.46. The smallest absolute Gasteiger partial charge is 0.387 e. The fraction of sp³-hybridized carbons (Fsp3) is 0.500. The van der Waals surface area contributed by atoms with E-state index in [2.05, 4.69) is 14.9 Å². The highest BCUT2D eigenvalue weighted by Gasteiger charge is 2.35. The van der Waals surface area contributed by atoms with Crippen LogP contribution in [0.4, 0.5) is 8.78 Å². The van der Waals surface area contributed by atoms with Crippen LogP contribution in [0.1, 0.15) is 20.3 Å². The number of nitrogens with zero attached hydrogens (tertiary/aromatic N) is 3. The van der Waals surface area contributed by atoms with Gasteiger partial charge in [-0.15, -0.1) is 10.2 Å². The van der Waals surface area contributed by atoms with Gasteiger partial charge >= 0.3 is 6.61 Å². The van der Waals surface area contributed by atoms with E-state index < -0.39 is 21.7 Å². The standard InChI is InChI=1S/C18H21F2N3O5S2/c1-3-23(13-8-9-30(25,26)10-13)16(24)11(2)29-18-22-21-15(28-18)12-4-6-14(7-5-12)27-17(19)20/h4-7,11,13,17H,3,8-10H2,1-2H3/t11-,13-/m0/s1. The zero-order valence-electron chi connectivity index (χ0n) is 16.3. The number of alkyl halides is 2. The SMILES string of the molecule is CCN(C(=O)[C@H](C)Sc1nnc(-c2ccc(OC(F)F)cc2)o1)[C@H]1CCS(=O)(=O)C1. The van der Waals surface area contributed by atoms with E-state index in [1.165, 1.54) is 24.3 Å². The molecule has 2 atom stereocenters. The van der Waals surface area contributed by atoms with Crippen LogP contribution in [0.2, 0.25) is 0 Å². The number of carbonyl (C=O) groups excluding carboxylic acids is 1. The Morgan fingerprint density at radius 1 is 1.33 bits per heavy atom. The van der Waals surface area contributed by atoms with Gasteiger partial charge in [0, 0.05) is 18.2 Å². The lowest BCUT2D eigenvalue weighted by Crippen LogP contribution is -2.44. The van der Waals surface area contributed by atoms with Crippen molar-refractivity contribution in [1.29, 1.82) is 0 Å². The predicted octanol–water partition coefficient (Wildman–Crippen LogP) is 2.85. The van der Waals surface area contributed by atoms with Crippen LogP contribution in [0, 0.1) is 0 Å². The zero-order chi connectivity index (χ0) is 21.9. The lowest BCUT2D eigenvalue weighted by atomic mass is 10.2. The van der Waals surface area contributed by atoms with Crippen LogP contribution in [0.15, 0.2) is 33.9 Å². The van der Waals surface area contributed by atoms with Crippen LogP contribution in [-0.2, 0) is 14.6 Å². The van der Waals surface area contributed by atoms with Crippen molar-refractivity contribution >= 4 is 27.5 Å². The van der Waals surface area contributed by atoms with Crippen LogP contribution in [0.5, 0.6) is 5.75 Å². The summed E-state index contributed by atoms with van der Waals surface area (Å²) in [6.07, 6.45) is 0.440. The van der Waals surface area contributed by atoms with E-state index in [1.54, 1.807) is 11.8 Å². The first kappa shape index (κ1) is 22.5. The molecule has 0 spiro atoms. The van der Waals surface area contributed by atoms with Crippen molar-refractivity contribution in [2.45, 2.75) is 43.4 Å². The summed E-state index contributed by atoms with van der Waals surface area (Å²) in [5.41, 5.74) is 0.515. The van der Waals surface area contributed by atoms with Crippen LogP contribution in [0.3, 0.4) is 0 Å². The number of halogens is 2. The molecule has 1 saturated heterocycles. The number of amides is 1. The van der Waals surface area contributed by atoms with E-state index in [9.17, 15) is 22.0 Å². The van der Waals surface area contributed by atoms with Gasteiger partial charge in [-0.3, -0.25) is 4.79 Å². The molecule has 1 amide bonds. The number of hydrogen-bond acceptors (Lipinski definition) is 8. The molecule has 3 rings (SSSR count). The predicted molar refractivity (Wildman–Crippen MR) is 106 cm³/mol. The second kappa shape index (κ2) is 9.29. The van der Waals surface area contributed by atoms with Crippen molar-refractivity contribution in [2.75, 3.05) is 18.1 Å². The van der Waals surface area contributed by atoms with Gasteiger partial charge in [-0.05, 0) is 44.5 Å². The molecule has 0 N–H and O–H groups in total. The van der Waals surface area contributed by atoms with Gasteiger partial charge in [-0.1, -0.05) is 11.8 Å². The molecule has 12 heteroatoms. The fourth-order valence-corrected chi connectivity index (χ4v) is 5.69. The first-order chi connectivity index (χ1) is 14.2. The topological polar surface area (TPSA) is 103 Å². The van der Waals surface area contributed by atoms with E-state index in [1.807, 2.05) is 6.92 Å². The third kappa shape index (κ3) is 5.48. The molecule has 0 unspecified atom stereocenters. The van der Waals surface area contributed by atoms with Crippen molar-refractivity contribution in [1.82, 2.24) is 15.1 Å². The Hall–Kier alpha value is -2.21. The minimum absolute atomic E-state index is 0.00988. The molecule has 1 aliphatic heterocycles. The summed E-state index contributed by atoms with van der Waals surface area (Å²) in [5.74, 6) is 0.0698. The molecule has 8 nitrogen and oxygen atoms in total. The maximum Gasteiger partial charge on any atom is 0.387 e. The zero-order valence-corrected chi connectivity index (χ0v) is 18.0. The summed E-state index contributed by atoms with van der Waals surface area (Å²) in [7, 11) is -3.10. The first-order valence-electron chi connectivity index (χ1n) is 9.25.